The second-order valence-corrected chi connectivity index (χ2v) is 10.7. The van der Waals surface area contributed by atoms with Gasteiger partial charge >= 0.3 is 0 Å². The molecule has 1 atom stereocenters. The topological polar surface area (TPSA) is 58.8 Å². The largest absolute Gasteiger partial charge is 0.466 e. The summed E-state index contributed by atoms with van der Waals surface area (Å²) in [5.41, 5.74) is 13.3. The number of allylic oxidation sites excluding steroid dienone is 5. The number of ether oxygens (including phenoxy) is 1. The van der Waals surface area contributed by atoms with Gasteiger partial charge in [-0.25, -0.2) is 0 Å². The summed E-state index contributed by atoms with van der Waals surface area (Å²) in [6.45, 7) is 12.5. The maximum absolute atomic E-state index is 13.8. The fraction of sp³-hybridized carbons (Fsp3) is 0.387. The van der Waals surface area contributed by atoms with E-state index < -0.39 is 0 Å². The van der Waals surface area contributed by atoms with Crippen LogP contribution in [0.1, 0.15) is 51.2 Å². The predicted octanol–water partition coefficient (Wildman–Crippen LogP) is 5.18. The van der Waals surface area contributed by atoms with E-state index in [1.165, 1.54) is 11.1 Å². The number of rotatable bonds is 5. The fourth-order valence-corrected chi connectivity index (χ4v) is 6.02. The standard InChI is InChI=1S/C31H37N3O2/c1-21-22(2)36-23(3)26-19-31(4,29(32)27(21)26)20-33-15-17-34(18-16-33)30(35)28(24-11-7-5-8-12-24)25-13-9-6-10-14-25/h5-14,28H,15-20,32H2,1-4H3. The van der Waals surface area contributed by atoms with Gasteiger partial charge in [0, 0.05) is 55.0 Å². The molecule has 5 rings (SSSR count). The van der Waals surface area contributed by atoms with Crippen LogP contribution in [0.25, 0.3) is 0 Å². The summed E-state index contributed by atoms with van der Waals surface area (Å²) in [6.07, 6.45) is 0.897. The van der Waals surface area contributed by atoms with Gasteiger partial charge in [-0.3, -0.25) is 9.69 Å². The summed E-state index contributed by atoms with van der Waals surface area (Å²) in [7, 11) is 0. The molecule has 5 nitrogen and oxygen atoms in total. The molecule has 3 aliphatic rings. The van der Waals surface area contributed by atoms with Crippen LogP contribution in [0, 0.1) is 5.41 Å². The van der Waals surface area contributed by atoms with Gasteiger partial charge in [0.05, 0.1) is 5.92 Å². The maximum atomic E-state index is 13.8. The van der Waals surface area contributed by atoms with Crippen molar-refractivity contribution in [3.63, 3.8) is 0 Å². The molecule has 0 radical (unpaired) electrons. The quantitative estimate of drug-likeness (QED) is 0.636. The first kappa shape index (κ1) is 24.4. The molecule has 5 heteroatoms. The number of nitrogens with two attached hydrogens (primary N) is 1. The molecule has 0 bridgehead atoms. The van der Waals surface area contributed by atoms with E-state index in [-0.39, 0.29) is 17.2 Å². The molecule has 0 saturated carbocycles. The lowest BCUT2D eigenvalue weighted by atomic mass is 9.85. The molecule has 2 heterocycles. The predicted molar refractivity (Wildman–Crippen MR) is 144 cm³/mol. The molecule has 1 fully saturated rings. The van der Waals surface area contributed by atoms with Gasteiger partial charge in [-0.2, -0.15) is 0 Å². The van der Waals surface area contributed by atoms with Crippen molar-refractivity contribution in [2.45, 2.75) is 40.0 Å². The Morgan fingerprint density at radius 1 is 0.917 bits per heavy atom. The van der Waals surface area contributed by atoms with Gasteiger partial charge < -0.3 is 15.4 Å². The number of carbonyl (C=O) groups is 1. The van der Waals surface area contributed by atoms with Crippen molar-refractivity contribution in [3.8, 4) is 0 Å². The summed E-state index contributed by atoms with van der Waals surface area (Å²) in [5.74, 6) is 1.82. The molecule has 2 aromatic carbocycles. The molecule has 1 aliphatic carbocycles. The third-order valence-corrected chi connectivity index (χ3v) is 8.19. The third-order valence-electron chi connectivity index (χ3n) is 8.19. The minimum atomic E-state index is -0.275. The zero-order chi connectivity index (χ0) is 25.4. The Morgan fingerprint density at radius 3 is 2.03 bits per heavy atom. The van der Waals surface area contributed by atoms with Crippen LogP contribution in [0.5, 0.6) is 0 Å². The minimum absolute atomic E-state index is 0.135. The van der Waals surface area contributed by atoms with Crippen LogP contribution in [0.15, 0.2) is 94.6 Å². The third kappa shape index (κ3) is 4.37. The molecule has 2 aliphatic heterocycles. The number of piperazine rings is 1. The van der Waals surface area contributed by atoms with Gasteiger partial charge in [-0.15, -0.1) is 0 Å². The van der Waals surface area contributed by atoms with E-state index in [1.807, 2.05) is 55.1 Å². The zero-order valence-electron chi connectivity index (χ0n) is 21.9. The number of hydrogen-bond acceptors (Lipinski definition) is 4. The average molecular weight is 484 g/mol. The van der Waals surface area contributed by atoms with Crippen molar-refractivity contribution in [1.29, 1.82) is 0 Å². The normalized spacial score (nSPS) is 22.9. The van der Waals surface area contributed by atoms with Crippen LogP contribution in [-0.2, 0) is 9.53 Å². The lowest BCUT2D eigenvalue weighted by molar-refractivity contribution is -0.133. The second-order valence-electron chi connectivity index (χ2n) is 10.7. The highest BCUT2D eigenvalue weighted by molar-refractivity contribution is 5.87. The van der Waals surface area contributed by atoms with Gasteiger partial charge in [0.1, 0.15) is 11.5 Å². The Balaban J connectivity index is 1.29. The van der Waals surface area contributed by atoms with E-state index in [0.717, 1.165) is 73.1 Å². The molecule has 0 spiro atoms. The van der Waals surface area contributed by atoms with Gasteiger partial charge in [0.15, 0.2) is 0 Å². The number of hydrogen-bond donors (Lipinski definition) is 1. The summed E-state index contributed by atoms with van der Waals surface area (Å²) in [4.78, 5) is 18.3. The lowest BCUT2D eigenvalue weighted by Crippen LogP contribution is -2.52. The van der Waals surface area contributed by atoms with Crippen molar-refractivity contribution in [3.05, 3.63) is 106 Å². The maximum Gasteiger partial charge on any atom is 0.234 e. The number of amides is 1. The van der Waals surface area contributed by atoms with Crippen molar-refractivity contribution >= 4 is 5.91 Å². The van der Waals surface area contributed by atoms with E-state index in [1.54, 1.807) is 0 Å². The number of fused-ring (bicyclic) bond motifs is 1. The molecule has 1 amide bonds. The fourth-order valence-electron chi connectivity index (χ4n) is 6.02. The number of nitrogens with zero attached hydrogens (tertiary/aromatic N) is 2. The molecule has 1 saturated heterocycles. The first-order valence-corrected chi connectivity index (χ1v) is 13.0. The van der Waals surface area contributed by atoms with Crippen LogP contribution in [0.4, 0.5) is 0 Å². The first-order chi connectivity index (χ1) is 17.3. The lowest BCUT2D eigenvalue weighted by Gasteiger charge is -2.40. The molecule has 0 aromatic heterocycles. The zero-order valence-corrected chi connectivity index (χ0v) is 21.9. The summed E-state index contributed by atoms with van der Waals surface area (Å²) < 4.78 is 5.99. The summed E-state index contributed by atoms with van der Waals surface area (Å²) in [6, 6.07) is 20.3. The molecule has 188 valence electrons. The molecule has 2 aromatic rings. The smallest absolute Gasteiger partial charge is 0.234 e. The van der Waals surface area contributed by atoms with E-state index in [2.05, 4.69) is 43.0 Å². The van der Waals surface area contributed by atoms with Crippen LogP contribution >= 0.6 is 0 Å². The Labute approximate surface area is 214 Å². The van der Waals surface area contributed by atoms with Crippen LogP contribution in [0.3, 0.4) is 0 Å². The Bertz CT molecular complexity index is 1200. The summed E-state index contributed by atoms with van der Waals surface area (Å²) in [5, 5.41) is 0. The molecule has 2 N–H and O–H groups in total. The van der Waals surface area contributed by atoms with Crippen molar-refractivity contribution in [1.82, 2.24) is 9.80 Å². The SMILES string of the molecule is CC1=C(C)C2=C(N)C(C)(CN3CCN(C(=O)C(c4ccccc4)c4ccccc4)CC3)CC2=C(C)O1. The second kappa shape index (κ2) is 9.62. The van der Waals surface area contributed by atoms with Gasteiger partial charge in [0.25, 0.3) is 0 Å². The molecule has 36 heavy (non-hydrogen) atoms. The van der Waals surface area contributed by atoms with E-state index >= 15 is 0 Å². The van der Waals surface area contributed by atoms with Crippen molar-refractivity contribution in [2.75, 3.05) is 32.7 Å². The Kier molecular flexibility index (Phi) is 6.52. The highest BCUT2D eigenvalue weighted by Gasteiger charge is 2.43. The minimum Gasteiger partial charge on any atom is -0.466 e. The van der Waals surface area contributed by atoms with Crippen LogP contribution in [0.2, 0.25) is 0 Å². The van der Waals surface area contributed by atoms with E-state index in [0.29, 0.717) is 0 Å². The van der Waals surface area contributed by atoms with Crippen LogP contribution < -0.4 is 5.73 Å². The number of benzene rings is 2. The summed E-state index contributed by atoms with van der Waals surface area (Å²) >= 11 is 0. The average Bonchev–Trinajstić information content (AvgIpc) is 3.15. The number of carbonyl (C=O) groups excluding carboxylic acids is 1. The van der Waals surface area contributed by atoms with E-state index in [9.17, 15) is 4.79 Å². The first-order valence-electron chi connectivity index (χ1n) is 13.0. The molecular weight excluding hydrogens is 446 g/mol. The molecular formula is C31H37N3O2. The van der Waals surface area contributed by atoms with Gasteiger partial charge in [-0.1, -0.05) is 67.6 Å². The van der Waals surface area contributed by atoms with Gasteiger partial charge in [-0.05, 0) is 43.9 Å². The monoisotopic (exact) mass is 483 g/mol. The van der Waals surface area contributed by atoms with Crippen molar-refractivity contribution in [2.24, 2.45) is 11.1 Å². The van der Waals surface area contributed by atoms with Crippen molar-refractivity contribution < 1.29 is 9.53 Å². The van der Waals surface area contributed by atoms with Gasteiger partial charge in [0.2, 0.25) is 5.91 Å². The highest BCUT2D eigenvalue weighted by Crippen LogP contribution is 2.50. The highest BCUT2D eigenvalue weighted by atomic mass is 16.5. The Hall–Kier alpha value is -3.31. The molecule has 1 unspecified atom stereocenters. The van der Waals surface area contributed by atoms with E-state index in [4.69, 9.17) is 10.5 Å². The van der Waals surface area contributed by atoms with Crippen LogP contribution in [-0.4, -0.2) is 48.4 Å². The Morgan fingerprint density at radius 2 is 1.47 bits per heavy atom.